The normalized spacial score (nSPS) is 12.1. The molecule has 0 aliphatic heterocycles. The van der Waals surface area contributed by atoms with Crippen molar-refractivity contribution in [2.24, 2.45) is 0 Å². The Balaban J connectivity index is 0.974. The summed E-state index contributed by atoms with van der Waals surface area (Å²) in [6, 6.07) is 85.8. The van der Waals surface area contributed by atoms with Crippen LogP contribution in [0.2, 0.25) is 0 Å². The molecular formula is C64H38N2S2. The van der Waals surface area contributed by atoms with Gasteiger partial charge in [0, 0.05) is 73.1 Å². The number of para-hydroxylation sites is 1. The first-order chi connectivity index (χ1) is 33.7. The SMILES string of the molecule is c1ccc(-c2ccccc2-n2c3ccc(-c4ccc5c(c4)c4cc(-c6cccc7c6sc6ccccc67)ccc4n5-c4ccc5sc6ccccc6c5c4)cc3c3c4ccccc4ccc32)cc1. The lowest BCUT2D eigenvalue weighted by molar-refractivity contribution is 1.18. The second-order valence-electron chi connectivity index (χ2n) is 18.0. The first kappa shape index (κ1) is 37.9. The number of nitrogens with zero attached hydrogens (tertiary/aromatic N) is 2. The van der Waals surface area contributed by atoms with Gasteiger partial charge >= 0.3 is 0 Å². The molecule has 0 amide bonds. The Morgan fingerprint density at radius 1 is 0.279 bits per heavy atom. The van der Waals surface area contributed by atoms with Crippen LogP contribution in [0.3, 0.4) is 0 Å². The first-order valence-electron chi connectivity index (χ1n) is 23.2. The number of fused-ring (bicyclic) bond motifs is 14. The number of hydrogen-bond acceptors (Lipinski definition) is 2. The minimum Gasteiger partial charge on any atom is -0.309 e. The Morgan fingerprint density at radius 2 is 0.853 bits per heavy atom. The van der Waals surface area contributed by atoms with E-state index in [0.29, 0.717) is 0 Å². The van der Waals surface area contributed by atoms with Gasteiger partial charge in [0.05, 0.1) is 27.8 Å². The number of hydrogen-bond donors (Lipinski definition) is 0. The Hall–Kier alpha value is -8.28. The predicted octanol–water partition coefficient (Wildman–Crippen LogP) is 18.8. The number of benzene rings is 11. The summed E-state index contributed by atoms with van der Waals surface area (Å²) in [5.74, 6) is 0. The summed E-state index contributed by atoms with van der Waals surface area (Å²) in [4.78, 5) is 0. The third-order valence-electron chi connectivity index (χ3n) is 14.3. The maximum atomic E-state index is 2.48. The molecule has 15 aromatic rings. The quantitative estimate of drug-likeness (QED) is 0.163. The van der Waals surface area contributed by atoms with Gasteiger partial charge in [0.2, 0.25) is 0 Å². The lowest BCUT2D eigenvalue weighted by atomic mass is 9.98. The fourth-order valence-corrected chi connectivity index (χ4v) is 13.6. The third kappa shape index (κ3) is 5.56. The average molecular weight is 899 g/mol. The Bertz CT molecular complexity index is 4560. The van der Waals surface area contributed by atoms with Crippen LogP contribution in [-0.2, 0) is 0 Å². The lowest BCUT2D eigenvalue weighted by Gasteiger charge is -2.14. The van der Waals surface area contributed by atoms with E-state index in [-0.39, 0.29) is 0 Å². The minimum atomic E-state index is 1.17. The van der Waals surface area contributed by atoms with Crippen molar-refractivity contribution < 1.29 is 0 Å². The molecule has 0 N–H and O–H groups in total. The van der Waals surface area contributed by atoms with Gasteiger partial charge in [0.1, 0.15) is 0 Å². The van der Waals surface area contributed by atoms with E-state index in [4.69, 9.17) is 0 Å². The van der Waals surface area contributed by atoms with Crippen molar-refractivity contribution in [3.05, 3.63) is 231 Å². The second kappa shape index (κ2) is 14.6. The van der Waals surface area contributed by atoms with Gasteiger partial charge in [-0.1, -0.05) is 152 Å². The van der Waals surface area contributed by atoms with Gasteiger partial charge in [0.15, 0.2) is 0 Å². The summed E-state index contributed by atoms with van der Waals surface area (Å²) in [6.45, 7) is 0. The number of thiophene rings is 2. The van der Waals surface area contributed by atoms with E-state index in [1.165, 1.54) is 139 Å². The average Bonchev–Trinajstić information content (AvgIpc) is 4.16. The van der Waals surface area contributed by atoms with Crippen LogP contribution in [0.15, 0.2) is 231 Å². The molecule has 68 heavy (non-hydrogen) atoms. The smallest absolute Gasteiger partial charge is 0.0547 e. The van der Waals surface area contributed by atoms with E-state index in [1.807, 2.05) is 22.7 Å². The molecular weight excluding hydrogens is 861 g/mol. The second-order valence-corrected chi connectivity index (χ2v) is 20.1. The van der Waals surface area contributed by atoms with E-state index in [1.54, 1.807) is 0 Å². The van der Waals surface area contributed by atoms with Crippen molar-refractivity contribution in [1.29, 1.82) is 0 Å². The highest BCUT2D eigenvalue weighted by Gasteiger charge is 2.21. The molecule has 0 bridgehead atoms. The fourth-order valence-electron chi connectivity index (χ4n) is 11.2. The summed E-state index contributed by atoms with van der Waals surface area (Å²) < 4.78 is 10.2. The largest absolute Gasteiger partial charge is 0.309 e. The van der Waals surface area contributed by atoms with Crippen LogP contribution >= 0.6 is 22.7 Å². The Labute approximate surface area is 399 Å². The summed E-state index contributed by atoms with van der Waals surface area (Å²) in [5, 5.41) is 12.8. The van der Waals surface area contributed by atoms with Crippen molar-refractivity contribution in [2.75, 3.05) is 0 Å². The van der Waals surface area contributed by atoms with Gasteiger partial charge in [-0.05, 0) is 117 Å². The molecule has 11 aromatic carbocycles. The predicted molar refractivity (Wildman–Crippen MR) is 295 cm³/mol. The van der Waals surface area contributed by atoms with Crippen LogP contribution in [0.25, 0.3) is 139 Å². The highest BCUT2D eigenvalue weighted by molar-refractivity contribution is 7.26. The molecule has 4 heterocycles. The Morgan fingerprint density at radius 3 is 1.66 bits per heavy atom. The molecule has 0 saturated carbocycles. The van der Waals surface area contributed by atoms with Gasteiger partial charge in [-0.25, -0.2) is 0 Å². The molecule has 0 aliphatic rings. The lowest BCUT2D eigenvalue weighted by Crippen LogP contribution is -1.97. The zero-order valence-electron chi connectivity index (χ0n) is 36.7. The Kier molecular flexibility index (Phi) is 8.14. The zero-order valence-corrected chi connectivity index (χ0v) is 38.3. The molecule has 0 fully saturated rings. The number of rotatable bonds is 5. The van der Waals surface area contributed by atoms with Gasteiger partial charge in [-0.3, -0.25) is 0 Å². The van der Waals surface area contributed by atoms with Crippen LogP contribution in [0, 0.1) is 0 Å². The fraction of sp³-hybridized carbons (Fsp3) is 0. The highest BCUT2D eigenvalue weighted by Crippen LogP contribution is 2.45. The van der Waals surface area contributed by atoms with Crippen LogP contribution < -0.4 is 0 Å². The molecule has 0 radical (unpaired) electrons. The zero-order chi connectivity index (χ0) is 44.5. The molecule has 2 nitrogen and oxygen atoms in total. The standard InChI is InChI=1S/C64H38N2S2/c1-2-13-39(14-3-1)45-16-6-9-22-55(45)66-58-31-27-42(36-54(58)63-46-17-5-4-15-40(46)25-33-59(63)66)41-26-30-56-51(35-41)52-37-43(47-20-12-21-50-48-18-7-11-24-61(48)68-64(47)50)28-32-57(52)65(56)44-29-34-62-53(38-44)49-19-8-10-23-60(49)67-62/h1-38H. The van der Waals surface area contributed by atoms with E-state index in [0.717, 1.165) is 0 Å². The molecule has 15 rings (SSSR count). The molecule has 0 aliphatic carbocycles. The van der Waals surface area contributed by atoms with Crippen molar-refractivity contribution in [1.82, 2.24) is 9.13 Å². The van der Waals surface area contributed by atoms with Gasteiger partial charge < -0.3 is 9.13 Å². The van der Waals surface area contributed by atoms with Crippen molar-refractivity contribution in [3.8, 4) is 44.8 Å². The van der Waals surface area contributed by atoms with E-state index in [9.17, 15) is 0 Å². The molecule has 316 valence electrons. The molecule has 4 heteroatoms. The summed E-state index contributed by atoms with van der Waals surface area (Å²) in [5.41, 5.74) is 14.4. The summed E-state index contributed by atoms with van der Waals surface area (Å²) >= 11 is 3.76. The van der Waals surface area contributed by atoms with Crippen molar-refractivity contribution in [2.45, 2.75) is 0 Å². The van der Waals surface area contributed by atoms with Crippen LogP contribution in [0.1, 0.15) is 0 Å². The molecule has 0 spiro atoms. The third-order valence-corrected chi connectivity index (χ3v) is 16.7. The molecule has 0 saturated heterocycles. The van der Waals surface area contributed by atoms with E-state index in [2.05, 4.69) is 240 Å². The molecule has 4 aromatic heterocycles. The van der Waals surface area contributed by atoms with Gasteiger partial charge in [-0.2, -0.15) is 0 Å². The number of aromatic nitrogens is 2. The van der Waals surface area contributed by atoms with Crippen LogP contribution in [-0.4, -0.2) is 9.13 Å². The topological polar surface area (TPSA) is 9.86 Å². The van der Waals surface area contributed by atoms with Gasteiger partial charge in [-0.15, -0.1) is 22.7 Å². The summed E-state index contributed by atoms with van der Waals surface area (Å²) in [7, 11) is 0. The monoisotopic (exact) mass is 898 g/mol. The maximum Gasteiger partial charge on any atom is 0.0547 e. The molecule has 0 atom stereocenters. The van der Waals surface area contributed by atoms with Crippen LogP contribution in [0.4, 0.5) is 0 Å². The highest BCUT2D eigenvalue weighted by atomic mass is 32.1. The van der Waals surface area contributed by atoms with E-state index >= 15 is 0 Å². The molecule has 0 unspecified atom stereocenters. The van der Waals surface area contributed by atoms with Crippen molar-refractivity contribution in [3.63, 3.8) is 0 Å². The maximum absolute atomic E-state index is 2.48. The van der Waals surface area contributed by atoms with Gasteiger partial charge in [0.25, 0.3) is 0 Å². The van der Waals surface area contributed by atoms with E-state index < -0.39 is 0 Å². The van der Waals surface area contributed by atoms with Crippen LogP contribution in [0.5, 0.6) is 0 Å². The minimum absolute atomic E-state index is 1.17. The first-order valence-corrected chi connectivity index (χ1v) is 24.9. The van der Waals surface area contributed by atoms with Crippen molar-refractivity contribution >= 4 is 117 Å². The summed E-state index contributed by atoms with van der Waals surface area (Å²) in [6.07, 6.45) is 0.